The molecule has 1 heterocycles. The standard InChI is InChI=1S/C15H19BrClN5.HI/c1-18-15(19-6-2-8-22-9-3-7-21-22)20-11-12-4-5-13(16)10-14(12)17;/h3-5,7,9-10H,2,6,8,11H2,1H3,(H2,18,19,20);1H. The highest BCUT2D eigenvalue weighted by atomic mass is 127. The van der Waals surface area contributed by atoms with Gasteiger partial charge < -0.3 is 10.6 Å². The molecule has 0 saturated heterocycles. The number of halogens is 3. The molecular formula is C15H20BrClIN5. The SMILES string of the molecule is CN=C(NCCCn1cccn1)NCc1ccc(Br)cc1Cl.I. The van der Waals surface area contributed by atoms with Gasteiger partial charge in [-0.2, -0.15) is 5.10 Å². The minimum atomic E-state index is 0. The van der Waals surface area contributed by atoms with Gasteiger partial charge in [0, 0.05) is 48.6 Å². The summed E-state index contributed by atoms with van der Waals surface area (Å²) >= 11 is 9.60. The van der Waals surface area contributed by atoms with Crippen LogP contribution in [0.1, 0.15) is 12.0 Å². The Hall–Kier alpha value is -0.800. The minimum absolute atomic E-state index is 0. The predicted octanol–water partition coefficient (Wildman–Crippen LogP) is 3.67. The lowest BCUT2D eigenvalue weighted by molar-refractivity contribution is 0.570. The van der Waals surface area contributed by atoms with Crippen molar-refractivity contribution in [3.8, 4) is 0 Å². The zero-order valence-corrected chi connectivity index (χ0v) is 17.5. The van der Waals surface area contributed by atoms with E-state index in [2.05, 4.69) is 36.7 Å². The lowest BCUT2D eigenvalue weighted by atomic mass is 10.2. The topological polar surface area (TPSA) is 54.2 Å². The van der Waals surface area contributed by atoms with E-state index in [9.17, 15) is 0 Å². The highest BCUT2D eigenvalue weighted by Gasteiger charge is 2.03. The van der Waals surface area contributed by atoms with Crippen molar-refractivity contribution in [2.24, 2.45) is 4.99 Å². The molecule has 0 aliphatic heterocycles. The van der Waals surface area contributed by atoms with Gasteiger partial charge in [0.15, 0.2) is 5.96 Å². The summed E-state index contributed by atoms with van der Waals surface area (Å²) in [5.74, 6) is 0.763. The maximum atomic E-state index is 6.20. The molecular weight excluding hydrogens is 492 g/mol. The summed E-state index contributed by atoms with van der Waals surface area (Å²) in [6, 6.07) is 7.78. The van der Waals surface area contributed by atoms with Crippen molar-refractivity contribution in [1.82, 2.24) is 20.4 Å². The van der Waals surface area contributed by atoms with Crippen molar-refractivity contribution in [2.45, 2.75) is 19.5 Å². The summed E-state index contributed by atoms with van der Waals surface area (Å²) in [6.07, 6.45) is 4.72. The molecule has 8 heteroatoms. The van der Waals surface area contributed by atoms with Gasteiger partial charge in [-0.15, -0.1) is 24.0 Å². The van der Waals surface area contributed by atoms with Crippen molar-refractivity contribution >= 4 is 57.5 Å². The van der Waals surface area contributed by atoms with Gasteiger partial charge >= 0.3 is 0 Å². The van der Waals surface area contributed by atoms with E-state index in [0.717, 1.165) is 40.5 Å². The molecule has 2 N–H and O–H groups in total. The molecule has 0 aliphatic rings. The number of aromatic nitrogens is 2. The van der Waals surface area contributed by atoms with E-state index in [1.165, 1.54) is 0 Å². The smallest absolute Gasteiger partial charge is 0.191 e. The van der Waals surface area contributed by atoms with Crippen LogP contribution in [-0.4, -0.2) is 29.3 Å². The second kappa shape index (κ2) is 10.9. The number of nitrogens with zero attached hydrogens (tertiary/aromatic N) is 3. The second-order valence-corrected chi connectivity index (χ2v) is 6.03. The van der Waals surface area contributed by atoms with Gasteiger partial charge in [-0.3, -0.25) is 9.67 Å². The molecule has 0 bridgehead atoms. The fourth-order valence-electron chi connectivity index (χ4n) is 1.95. The molecule has 5 nitrogen and oxygen atoms in total. The van der Waals surface area contributed by atoms with Crippen molar-refractivity contribution in [1.29, 1.82) is 0 Å². The van der Waals surface area contributed by atoms with Crippen LogP contribution in [0.5, 0.6) is 0 Å². The highest BCUT2D eigenvalue weighted by Crippen LogP contribution is 2.21. The first kappa shape index (κ1) is 20.2. The molecule has 23 heavy (non-hydrogen) atoms. The average molecular weight is 513 g/mol. The fraction of sp³-hybridized carbons (Fsp3) is 0.333. The summed E-state index contributed by atoms with van der Waals surface area (Å²) in [5.41, 5.74) is 1.03. The lowest BCUT2D eigenvalue weighted by Gasteiger charge is -2.13. The van der Waals surface area contributed by atoms with Crippen LogP contribution in [0.4, 0.5) is 0 Å². The van der Waals surface area contributed by atoms with E-state index in [0.29, 0.717) is 6.54 Å². The van der Waals surface area contributed by atoms with Gasteiger partial charge in [0.05, 0.1) is 0 Å². The van der Waals surface area contributed by atoms with Crippen molar-refractivity contribution < 1.29 is 0 Å². The Kier molecular flexibility index (Phi) is 9.57. The number of hydrogen-bond donors (Lipinski definition) is 2. The summed E-state index contributed by atoms with van der Waals surface area (Å²) < 4.78 is 2.89. The van der Waals surface area contributed by atoms with Crippen molar-refractivity contribution in [3.05, 3.63) is 51.7 Å². The summed E-state index contributed by atoms with van der Waals surface area (Å²) in [7, 11) is 1.76. The fourth-order valence-corrected chi connectivity index (χ4v) is 2.69. The number of aliphatic imine (C=N–C) groups is 1. The van der Waals surface area contributed by atoms with Crippen LogP contribution in [0.2, 0.25) is 5.02 Å². The number of rotatable bonds is 6. The minimum Gasteiger partial charge on any atom is -0.356 e. The Morgan fingerprint density at radius 2 is 2.22 bits per heavy atom. The second-order valence-electron chi connectivity index (χ2n) is 4.71. The van der Waals surface area contributed by atoms with E-state index in [1.807, 2.05) is 35.1 Å². The van der Waals surface area contributed by atoms with Gasteiger partial charge in [0.1, 0.15) is 0 Å². The van der Waals surface area contributed by atoms with Crippen LogP contribution in [0.3, 0.4) is 0 Å². The number of nitrogens with one attached hydrogen (secondary N) is 2. The Bertz CT molecular complexity index is 618. The van der Waals surface area contributed by atoms with Crippen LogP contribution in [-0.2, 0) is 13.1 Å². The normalized spacial score (nSPS) is 11.0. The van der Waals surface area contributed by atoms with E-state index in [-0.39, 0.29) is 24.0 Å². The van der Waals surface area contributed by atoms with Gasteiger partial charge in [0.2, 0.25) is 0 Å². The first-order chi connectivity index (χ1) is 10.7. The molecule has 1 aromatic carbocycles. The largest absolute Gasteiger partial charge is 0.356 e. The van der Waals surface area contributed by atoms with E-state index < -0.39 is 0 Å². The Morgan fingerprint density at radius 3 is 2.87 bits per heavy atom. The quantitative estimate of drug-likeness (QED) is 0.269. The molecule has 0 spiro atoms. The number of benzene rings is 1. The molecule has 0 amide bonds. The molecule has 0 atom stereocenters. The molecule has 0 saturated carbocycles. The lowest BCUT2D eigenvalue weighted by Crippen LogP contribution is -2.37. The van der Waals surface area contributed by atoms with Crippen LogP contribution in [0.15, 0.2) is 46.1 Å². The monoisotopic (exact) mass is 511 g/mol. The summed E-state index contributed by atoms with van der Waals surface area (Å²) in [6.45, 7) is 2.34. The average Bonchev–Trinajstić information content (AvgIpc) is 3.01. The van der Waals surface area contributed by atoms with Gasteiger partial charge in [-0.1, -0.05) is 33.6 Å². The third kappa shape index (κ3) is 7.09. The zero-order valence-electron chi connectivity index (χ0n) is 12.8. The van der Waals surface area contributed by atoms with E-state index in [1.54, 1.807) is 13.2 Å². The molecule has 126 valence electrons. The van der Waals surface area contributed by atoms with Crippen LogP contribution < -0.4 is 10.6 Å². The Morgan fingerprint density at radius 1 is 1.39 bits per heavy atom. The zero-order chi connectivity index (χ0) is 15.8. The van der Waals surface area contributed by atoms with Crippen LogP contribution >= 0.6 is 51.5 Å². The first-order valence-electron chi connectivity index (χ1n) is 7.05. The van der Waals surface area contributed by atoms with Crippen molar-refractivity contribution in [2.75, 3.05) is 13.6 Å². The van der Waals surface area contributed by atoms with E-state index >= 15 is 0 Å². The Balaban J connectivity index is 0.00000264. The third-order valence-corrected chi connectivity index (χ3v) is 3.95. The van der Waals surface area contributed by atoms with Crippen LogP contribution in [0.25, 0.3) is 0 Å². The predicted molar refractivity (Wildman–Crippen MR) is 110 cm³/mol. The van der Waals surface area contributed by atoms with Crippen molar-refractivity contribution in [3.63, 3.8) is 0 Å². The molecule has 0 unspecified atom stereocenters. The van der Waals surface area contributed by atoms with Gasteiger partial charge in [-0.25, -0.2) is 0 Å². The summed E-state index contributed by atoms with van der Waals surface area (Å²) in [4.78, 5) is 4.20. The molecule has 1 aromatic heterocycles. The molecule has 0 fully saturated rings. The van der Waals surface area contributed by atoms with Gasteiger partial charge in [0.25, 0.3) is 0 Å². The number of aryl methyl sites for hydroxylation is 1. The molecule has 0 radical (unpaired) electrons. The maximum absolute atomic E-state index is 6.20. The molecule has 2 aromatic rings. The third-order valence-electron chi connectivity index (χ3n) is 3.10. The molecule has 0 aliphatic carbocycles. The first-order valence-corrected chi connectivity index (χ1v) is 8.22. The molecule has 2 rings (SSSR count). The Labute approximate surface area is 167 Å². The number of guanidine groups is 1. The summed E-state index contributed by atoms with van der Waals surface area (Å²) in [5, 5.41) is 11.4. The van der Waals surface area contributed by atoms with Gasteiger partial charge in [-0.05, 0) is 30.2 Å². The van der Waals surface area contributed by atoms with E-state index in [4.69, 9.17) is 11.6 Å². The number of hydrogen-bond acceptors (Lipinski definition) is 2. The maximum Gasteiger partial charge on any atom is 0.191 e. The van der Waals surface area contributed by atoms with Crippen LogP contribution in [0, 0.1) is 0 Å². The highest BCUT2D eigenvalue weighted by molar-refractivity contribution is 14.0.